The molecule has 1 aliphatic rings. The van der Waals surface area contributed by atoms with Crippen LogP contribution in [-0.2, 0) is 16.0 Å². The summed E-state index contributed by atoms with van der Waals surface area (Å²) in [4.78, 5) is 39.5. The summed E-state index contributed by atoms with van der Waals surface area (Å²) in [5.41, 5.74) is 2.94. The molecule has 2 aromatic heterocycles. The van der Waals surface area contributed by atoms with Gasteiger partial charge in [-0.3, -0.25) is 14.5 Å². The molecule has 0 radical (unpaired) electrons. The van der Waals surface area contributed by atoms with E-state index in [0.29, 0.717) is 38.3 Å². The van der Waals surface area contributed by atoms with Crippen molar-refractivity contribution in [1.29, 1.82) is 0 Å². The van der Waals surface area contributed by atoms with Crippen LogP contribution in [0, 0.1) is 13.8 Å². The van der Waals surface area contributed by atoms with Crippen molar-refractivity contribution in [3.63, 3.8) is 0 Å². The van der Waals surface area contributed by atoms with Gasteiger partial charge in [-0.25, -0.2) is 9.50 Å². The van der Waals surface area contributed by atoms with Crippen LogP contribution in [-0.4, -0.2) is 91.9 Å². The number of aryl methyl sites for hydroxylation is 2. The van der Waals surface area contributed by atoms with E-state index in [0.717, 1.165) is 43.1 Å². The minimum absolute atomic E-state index is 0.150. The van der Waals surface area contributed by atoms with Crippen LogP contribution in [0.15, 0.2) is 6.33 Å². The van der Waals surface area contributed by atoms with Gasteiger partial charge < -0.3 is 9.80 Å². The van der Waals surface area contributed by atoms with Gasteiger partial charge in [0.15, 0.2) is 0 Å². The first-order chi connectivity index (χ1) is 13.9. The fraction of sp³-hybridized carbons (Fsp3) is 0.650. The highest BCUT2D eigenvalue weighted by molar-refractivity contribution is 5.78. The molecule has 0 aromatic carbocycles. The van der Waals surface area contributed by atoms with Crippen molar-refractivity contribution in [2.45, 2.75) is 40.5 Å². The Labute approximate surface area is 171 Å². The highest BCUT2D eigenvalue weighted by Gasteiger charge is 2.24. The molecule has 158 valence electrons. The lowest BCUT2D eigenvalue weighted by Gasteiger charge is -2.35. The summed E-state index contributed by atoms with van der Waals surface area (Å²) in [5, 5.41) is 4.20. The van der Waals surface area contributed by atoms with E-state index in [2.05, 4.69) is 20.0 Å². The van der Waals surface area contributed by atoms with Crippen LogP contribution in [0.5, 0.6) is 0 Å². The number of hydrogen-bond donors (Lipinski definition) is 0. The number of likely N-dealkylation sites (N-methyl/N-ethyl adjacent to an activating group) is 1. The Morgan fingerprint density at radius 1 is 1.10 bits per heavy atom. The molecule has 0 atom stereocenters. The largest absolute Gasteiger partial charge is 0.342 e. The first kappa shape index (κ1) is 21.2. The van der Waals surface area contributed by atoms with E-state index in [4.69, 9.17) is 0 Å². The third-order valence-electron chi connectivity index (χ3n) is 5.78. The minimum Gasteiger partial charge on any atom is -0.342 e. The van der Waals surface area contributed by atoms with Gasteiger partial charge in [-0.1, -0.05) is 0 Å². The average molecular weight is 402 g/mol. The number of fused-ring (bicyclic) bond motifs is 1. The summed E-state index contributed by atoms with van der Waals surface area (Å²) in [5.74, 6) is 0.902. The minimum atomic E-state index is 0.150. The van der Waals surface area contributed by atoms with Crippen molar-refractivity contribution in [3.05, 3.63) is 23.3 Å². The number of rotatable bonds is 7. The van der Waals surface area contributed by atoms with Crippen molar-refractivity contribution in [2.24, 2.45) is 0 Å². The smallest absolute Gasteiger partial charge is 0.252 e. The number of carbonyl (C=O) groups excluding carboxylic acids is 2. The molecule has 9 nitrogen and oxygen atoms in total. The van der Waals surface area contributed by atoms with Gasteiger partial charge in [0.25, 0.3) is 5.78 Å². The molecule has 0 bridgehead atoms. The van der Waals surface area contributed by atoms with Gasteiger partial charge in [0, 0.05) is 57.1 Å². The zero-order valence-corrected chi connectivity index (χ0v) is 17.9. The second-order valence-electron chi connectivity index (χ2n) is 7.46. The Morgan fingerprint density at radius 2 is 1.79 bits per heavy atom. The SMILES string of the molecule is CCN(CC)C(=O)CN1CCN(C(=O)CCc2c(C)nc3ncnn3c2C)CC1. The summed E-state index contributed by atoms with van der Waals surface area (Å²) < 4.78 is 1.72. The third-order valence-corrected chi connectivity index (χ3v) is 5.78. The van der Waals surface area contributed by atoms with Crippen LogP contribution < -0.4 is 0 Å². The molecular formula is C20H31N7O2. The molecule has 9 heteroatoms. The number of aromatic nitrogens is 4. The van der Waals surface area contributed by atoms with E-state index in [1.165, 1.54) is 6.33 Å². The Balaban J connectivity index is 1.51. The van der Waals surface area contributed by atoms with E-state index >= 15 is 0 Å². The summed E-state index contributed by atoms with van der Waals surface area (Å²) in [6.07, 6.45) is 2.58. The highest BCUT2D eigenvalue weighted by atomic mass is 16.2. The van der Waals surface area contributed by atoms with Gasteiger partial charge in [0.2, 0.25) is 11.8 Å². The lowest BCUT2D eigenvalue weighted by atomic mass is 10.1. The maximum Gasteiger partial charge on any atom is 0.252 e. The first-order valence-electron chi connectivity index (χ1n) is 10.4. The second kappa shape index (κ2) is 9.30. The molecule has 2 aromatic rings. The van der Waals surface area contributed by atoms with Crippen LogP contribution in [0.2, 0.25) is 0 Å². The Bertz CT molecular complexity index is 867. The predicted octanol–water partition coefficient (Wildman–Crippen LogP) is 0.686. The van der Waals surface area contributed by atoms with E-state index in [1.54, 1.807) is 4.52 Å². The van der Waals surface area contributed by atoms with E-state index in [1.807, 2.05) is 37.5 Å². The van der Waals surface area contributed by atoms with Crippen molar-refractivity contribution < 1.29 is 9.59 Å². The Morgan fingerprint density at radius 3 is 2.45 bits per heavy atom. The third kappa shape index (κ3) is 4.72. The number of hydrogen-bond acceptors (Lipinski definition) is 6. The molecule has 3 rings (SSSR count). The normalized spacial score (nSPS) is 15.1. The molecule has 0 N–H and O–H groups in total. The molecule has 0 spiro atoms. The summed E-state index contributed by atoms with van der Waals surface area (Å²) in [6, 6.07) is 0. The average Bonchev–Trinajstić information content (AvgIpc) is 3.17. The Kier molecular flexibility index (Phi) is 6.79. The standard InChI is InChI=1S/C20H31N7O2/c1-5-25(6-2)19(29)13-24-9-11-26(12-10-24)18(28)8-7-17-15(3)23-20-21-14-22-27(20)16(17)4/h14H,5-13H2,1-4H3. The fourth-order valence-electron chi connectivity index (χ4n) is 3.93. The van der Waals surface area contributed by atoms with Gasteiger partial charge in [-0.15, -0.1) is 0 Å². The zero-order chi connectivity index (χ0) is 21.0. The summed E-state index contributed by atoms with van der Waals surface area (Å²) >= 11 is 0. The number of amides is 2. The van der Waals surface area contributed by atoms with Crippen LogP contribution >= 0.6 is 0 Å². The molecule has 29 heavy (non-hydrogen) atoms. The quantitative estimate of drug-likeness (QED) is 0.678. The van der Waals surface area contributed by atoms with Gasteiger partial charge in [0.05, 0.1) is 6.54 Å². The lowest BCUT2D eigenvalue weighted by Crippen LogP contribution is -2.51. The summed E-state index contributed by atoms with van der Waals surface area (Å²) in [7, 11) is 0. The van der Waals surface area contributed by atoms with Crippen molar-refractivity contribution in [2.75, 3.05) is 45.8 Å². The maximum atomic E-state index is 12.7. The number of piperazine rings is 1. The van der Waals surface area contributed by atoms with Crippen molar-refractivity contribution in [3.8, 4) is 0 Å². The molecule has 3 heterocycles. The van der Waals surface area contributed by atoms with E-state index < -0.39 is 0 Å². The fourth-order valence-corrected chi connectivity index (χ4v) is 3.93. The second-order valence-corrected chi connectivity index (χ2v) is 7.46. The summed E-state index contributed by atoms with van der Waals surface area (Å²) in [6.45, 7) is 12.7. The van der Waals surface area contributed by atoms with Crippen LogP contribution in [0.25, 0.3) is 5.78 Å². The van der Waals surface area contributed by atoms with E-state index in [-0.39, 0.29) is 11.8 Å². The van der Waals surface area contributed by atoms with Crippen LogP contribution in [0.3, 0.4) is 0 Å². The lowest BCUT2D eigenvalue weighted by molar-refractivity contribution is -0.135. The van der Waals surface area contributed by atoms with E-state index in [9.17, 15) is 9.59 Å². The predicted molar refractivity (Wildman–Crippen MR) is 110 cm³/mol. The Hall–Kier alpha value is -2.55. The molecule has 1 saturated heterocycles. The molecule has 0 unspecified atom stereocenters. The first-order valence-corrected chi connectivity index (χ1v) is 10.4. The van der Waals surface area contributed by atoms with Crippen LogP contribution in [0.1, 0.15) is 37.2 Å². The molecule has 2 amide bonds. The number of nitrogens with zero attached hydrogens (tertiary/aromatic N) is 7. The van der Waals surface area contributed by atoms with Crippen molar-refractivity contribution in [1.82, 2.24) is 34.3 Å². The van der Waals surface area contributed by atoms with Gasteiger partial charge in [-0.2, -0.15) is 10.1 Å². The zero-order valence-electron chi connectivity index (χ0n) is 17.9. The molecule has 1 aliphatic heterocycles. The molecular weight excluding hydrogens is 370 g/mol. The molecule has 1 fully saturated rings. The number of carbonyl (C=O) groups is 2. The van der Waals surface area contributed by atoms with Crippen molar-refractivity contribution >= 4 is 17.6 Å². The molecule has 0 saturated carbocycles. The van der Waals surface area contributed by atoms with Gasteiger partial charge in [-0.05, 0) is 39.7 Å². The highest BCUT2D eigenvalue weighted by Crippen LogP contribution is 2.16. The maximum absolute atomic E-state index is 12.7. The van der Waals surface area contributed by atoms with Crippen LogP contribution in [0.4, 0.5) is 0 Å². The topological polar surface area (TPSA) is 86.9 Å². The molecule has 0 aliphatic carbocycles. The van der Waals surface area contributed by atoms with Gasteiger partial charge >= 0.3 is 0 Å². The van der Waals surface area contributed by atoms with Gasteiger partial charge in [0.1, 0.15) is 6.33 Å². The monoisotopic (exact) mass is 401 g/mol.